The number of anilines is 1. The summed E-state index contributed by atoms with van der Waals surface area (Å²) in [5, 5.41) is 2.09. The SMILES string of the molecule is COc1ccc(N2NC(C)C=C2C)cc1. The molecule has 1 unspecified atom stereocenters. The zero-order valence-electron chi connectivity index (χ0n) is 9.32. The van der Waals surface area contributed by atoms with Crippen LogP contribution in [0, 0.1) is 0 Å². The van der Waals surface area contributed by atoms with E-state index in [9.17, 15) is 0 Å². The molecular formula is C12H16N2O. The lowest BCUT2D eigenvalue weighted by atomic mass is 10.3. The first-order valence-corrected chi connectivity index (χ1v) is 5.09. The third-order valence-electron chi connectivity index (χ3n) is 2.51. The van der Waals surface area contributed by atoms with Gasteiger partial charge in [-0.15, -0.1) is 0 Å². The summed E-state index contributed by atoms with van der Waals surface area (Å²) in [4.78, 5) is 0. The second kappa shape index (κ2) is 3.95. The second-order valence-corrected chi connectivity index (χ2v) is 3.76. The highest BCUT2D eigenvalue weighted by Crippen LogP contribution is 2.23. The molecule has 0 amide bonds. The number of hydrazine groups is 1. The van der Waals surface area contributed by atoms with Gasteiger partial charge in [0.1, 0.15) is 5.75 Å². The van der Waals surface area contributed by atoms with Gasteiger partial charge in [-0.1, -0.05) is 0 Å². The number of methoxy groups -OCH3 is 1. The fourth-order valence-corrected chi connectivity index (χ4v) is 1.79. The van der Waals surface area contributed by atoms with E-state index in [2.05, 4.69) is 30.4 Å². The number of benzene rings is 1. The van der Waals surface area contributed by atoms with E-state index in [1.165, 1.54) is 5.70 Å². The Balaban J connectivity index is 2.20. The smallest absolute Gasteiger partial charge is 0.119 e. The standard InChI is InChI=1S/C12H16N2O/c1-9-8-10(2)14(13-9)11-4-6-12(15-3)7-5-11/h4-9,13H,1-3H3. The Hall–Kier alpha value is -1.48. The van der Waals surface area contributed by atoms with E-state index in [1.807, 2.05) is 24.3 Å². The molecular weight excluding hydrogens is 188 g/mol. The lowest BCUT2D eigenvalue weighted by molar-refractivity contribution is 0.415. The van der Waals surface area contributed by atoms with Crippen molar-refractivity contribution in [2.24, 2.45) is 0 Å². The van der Waals surface area contributed by atoms with E-state index in [0.717, 1.165) is 11.4 Å². The van der Waals surface area contributed by atoms with Gasteiger partial charge in [0.2, 0.25) is 0 Å². The number of hydrogen-bond acceptors (Lipinski definition) is 3. The van der Waals surface area contributed by atoms with Gasteiger partial charge in [0.05, 0.1) is 12.8 Å². The Kier molecular flexibility index (Phi) is 2.64. The molecule has 0 fully saturated rings. The third-order valence-corrected chi connectivity index (χ3v) is 2.51. The maximum Gasteiger partial charge on any atom is 0.119 e. The number of nitrogens with one attached hydrogen (secondary N) is 1. The van der Waals surface area contributed by atoms with Crippen LogP contribution in [0.2, 0.25) is 0 Å². The van der Waals surface area contributed by atoms with E-state index < -0.39 is 0 Å². The largest absolute Gasteiger partial charge is 0.497 e. The average Bonchev–Trinajstić information content (AvgIpc) is 2.58. The maximum absolute atomic E-state index is 5.13. The van der Waals surface area contributed by atoms with Crippen LogP contribution < -0.4 is 15.2 Å². The van der Waals surface area contributed by atoms with Crippen molar-refractivity contribution in [3.05, 3.63) is 36.0 Å². The number of hydrogen-bond donors (Lipinski definition) is 1. The molecule has 1 heterocycles. The van der Waals surface area contributed by atoms with Crippen LogP contribution in [0.1, 0.15) is 13.8 Å². The molecule has 0 saturated carbocycles. The third kappa shape index (κ3) is 1.97. The topological polar surface area (TPSA) is 24.5 Å². The van der Waals surface area contributed by atoms with Crippen LogP contribution in [0.15, 0.2) is 36.0 Å². The minimum absolute atomic E-state index is 0.395. The molecule has 80 valence electrons. The molecule has 1 atom stereocenters. The fraction of sp³-hybridized carbons (Fsp3) is 0.333. The van der Waals surface area contributed by atoms with Gasteiger partial charge >= 0.3 is 0 Å². The molecule has 1 N–H and O–H groups in total. The van der Waals surface area contributed by atoms with Gasteiger partial charge in [-0.25, -0.2) is 5.43 Å². The Morgan fingerprint density at radius 3 is 2.40 bits per heavy atom. The van der Waals surface area contributed by atoms with Crippen LogP contribution in [0.25, 0.3) is 0 Å². The van der Waals surface area contributed by atoms with Gasteiger partial charge < -0.3 is 4.74 Å². The maximum atomic E-state index is 5.13. The van der Waals surface area contributed by atoms with Crippen LogP contribution in [-0.4, -0.2) is 13.2 Å². The first-order chi connectivity index (χ1) is 7.20. The highest BCUT2D eigenvalue weighted by Gasteiger charge is 2.17. The molecule has 0 spiro atoms. The summed E-state index contributed by atoms with van der Waals surface area (Å²) in [5.74, 6) is 0.882. The highest BCUT2D eigenvalue weighted by molar-refractivity contribution is 5.54. The molecule has 1 aliphatic rings. The summed E-state index contributed by atoms with van der Waals surface area (Å²) in [5.41, 5.74) is 5.72. The number of nitrogens with zero attached hydrogens (tertiary/aromatic N) is 1. The predicted octanol–water partition coefficient (Wildman–Crippen LogP) is 2.31. The number of rotatable bonds is 2. The molecule has 2 rings (SSSR count). The van der Waals surface area contributed by atoms with Crippen molar-refractivity contribution in [2.45, 2.75) is 19.9 Å². The van der Waals surface area contributed by atoms with Crippen molar-refractivity contribution in [1.29, 1.82) is 0 Å². The van der Waals surface area contributed by atoms with Crippen LogP contribution >= 0.6 is 0 Å². The van der Waals surface area contributed by atoms with Crippen molar-refractivity contribution in [2.75, 3.05) is 12.1 Å². The highest BCUT2D eigenvalue weighted by atomic mass is 16.5. The molecule has 3 heteroatoms. The van der Waals surface area contributed by atoms with E-state index in [-0.39, 0.29) is 0 Å². The van der Waals surface area contributed by atoms with Gasteiger partial charge in [-0.3, -0.25) is 5.01 Å². The van der Waals surface area contributed by atoms with Gasteiger partial charge in [-0.2, -0.15) is 0 Å². The van der Waals surface area contributed by atoms with E-state index in [4.69, 9.17) is 4.74 Å². The van der Waals surface area contributed by atoms with Crippen molar-refractivity contribution in [3.63, 3.8) is 0 Å². The lowest BCUT2D eigenvalue weighted by Gasteiger charge is -2.21. The van der Waals surface area contributed by atoms with Gasteiger partial charge in [-0.05, 0) is 44.2 Å². The first kappa shape index (κ1) is 10.1. The summed E-state index contributed by atoms with van der Waals surface area (Å²) in [6.07, 6.45) is 2.20. The second-order valence-electron chi connectivity index (χ2n) is 3.76. The molecule has 3 nitrogen and oxygen atoms in total. The Morgan fingerprint density at radius 1 is 1.27 bits per heavy atom. The number of allylic oxidation sites excluding steroid dienone is 1. The molecule has 0 aliphatic carbocycles. The minimum atomic E-state index is 0.395. The summed E-state index contributed by atoms with van der Waals surface area (Å²) < 4.78 is 5.13. The Labute approximate surface area is 90.3 Å². The van der Waals surface area contributed by atoms with Crippen LogP contribution in [-0.2, 0) is 0 Å². The summed E-state index contributed by atoms with van der Waals surface area (Å²) in [7, 11) is 1.68. The fourth-order valence-electron chi connectivity index (χ4n) is 1.79. The van der Waals surface area contributed by atoms with Crippen molar-refractivity contribution in [1.82, 2.24) is 5.43 Å². The summed E-state index contributed by atoms with van der Waals surface area (Å²) >= 11 is 0. The lowest BCUT2D eigenvalue weighted by Crippen LogP contribution is -2.35. The molecule has 1 aliphatic heterocycles. The molecule has 0 bridgehead atoms. The molecule has 0 saturated heterocycles. The van der Waals surface area contributed by atoms with Crippen molar-refractivity contribution in [3.8, 4) is 5.75 Å². The number of ether oxygens (including phenoxy) is 1. The van der Waals surface area contributed by atoms with E-state index >= 15 is 0 Å². The van der Waals surface area contributed by atoms with Crippen molar-refractivity contribution < 1.29 is 4.74 Å². The average molecular weight is 204 g/mol. The summed E-state index contributed by atoms with van der Waals surface area (Å²) in [6, 6.07) is 8.41. The van der Waals surface area contributed by atoms with Gasteiger partial charge in [0.25, 0.3) is 0 Å². The molecule has 1 aromatic carbocycles. The van der Waals surface area contributed by atoms with Gasteiger partial charge in [0, 0.05) is 11.7 Å². The Morgan fingerprint density at radius 2 is 1.93 bits per heavy atom. The zero-order valence-corrected chi connectivity index (χ0v) is 9.32. The van der Waals surface area contributed by atoms with Crippen LogP contribution in [0.4, 0.5) is 5.69 Å². The van der Waals surface area contributed by atoms with Gasteiger partial charge in [0.15, 0.2) is 0 Å². The molecule has 0 aromatic heterocycles. The minimum Gasteiger partial charge on any atom is -0.497 e. The quantitative estimate of drug-likeness (QED) is 0.800. The molecule has 0 radical (unpaired) electrons. The predicted molar refractivity (Wildman–Crippen MR) is 61.8 cm³/mol. The monoisotopic (exact) mass is 204 g/mol. The normalized spacial score (nSPS) is 20.3. The zero-order chi connectivity index (χ0) is 10.8. The van der Waals surface area contributed by atoms with Crippen LogP contribution in [0.3, 0.4) is 0 Å². The van der Waals surface area contributed by atoms with E-state index in [1.54, 1.807) is 7.11 Å². The van der Waals surface area contributed by atoms with Crippen LogP contribution in [0.5, 0.6) is 5.75 Å². The molecule has 15 heavy (non-hydrogen) atoms. The van der Waals surface area contributed by atoms with E-state index in [0.29, 0.717) is 6.04 Å². The molecule has 1 aromatic rings. The summed E-state index contributed by atoms with van der Waals surface area (Å²) in [6.45, 7) is 4.23. The first-order valence-electron chi connectivity index (χ1n) is 5.09. The van der Waals surface area contributed by atoms with Crippen molar-refractivity contribution >= 4 is 5.69 Å². The Bertz CT molecular complexity index is 370.